The van der Waals surface area contributed by atoms with E-state index in [0.29, 0.717) is 11.6 Å². The summed E-state index contributed by atoms with van der Waals surface area (Å²) in [5.41, 5.74) is 3.58. The SMILES string of the molecule is Cc1ccc(C)c(Nc2nccc(C(=O)Nc3cccc(F)c3)n2)c1. The van der Waals surface area contributed by atoms with Crippen LogP contribution in [0, 0.1) is 19.7 Å². The Morgan fingerprint density at radius 1 is 1.08 bits per heavy atom. The van der Waals surface area contributed by atoms with Crippen molar-refractivity contribution in [2.75, 3.05) is 10.6 Å². The standard InChI is InChI=1S/C19H17FN4O/c1-12-6-7-13(2)17(10-12)24-19-21-9-8-16(23-19)18(25)22-15-5-3-4-14(20)11-15/h3-11H,1-2H3,(H,22,25)(H,21,23,24). The molecule has 0 spiro atoms. The lowest BCUT2D eigenvalue weighted by molar-refractivity contribution is 0.102. The van der Waals surface area contributed by atoms with E-state index in [1.807, 2.05) is 32.0 Å². The number of anilines is 3. The van der Waals surface area contributed by atoms with E-state index in [-0.39, 0.29) is 5.69 Å². The molecular weight excluding hydrogens is 319 g/mol. The molecule has 2 N–H and O–H groups in total. The van der Waals surface area contributed by atoms with Gasteiger partial charge in [0.2, 0.25) is 5.95 Å². The minimum atomic E-state index is -0.433. The fraction of sp³-hybridized carbons (Fsp3) is 0.105. The summed E-state index contributed by atoms with van der Waals surface area (Å²) in [5, 5.41) is 5.73. The van der Waals surface area contributed by atoms with Crippen LogP contribution in [0.5, 0.6) is 0 Å². The Kier molecular flexibility index (Phi) is 4.70. The van der Waals surface area contributed by atoms with Crippen LogP contribution in [0.3, 0.4) is 0 Å². The average Bonchev–Trinajstić information content (AvgIpc) is 2.58. The molecule has 0 saturated heterocycles. The van der Waals surface area contributed by atoms with Crippen LogP contribution in [-0.4, -0.2) is 15.9 Å². The molecule has 2 aromatic carbocycles. The van der Waals surface area contributed by atoms with E-state index in [9.17, 15) is 9.18 Å². The maximum Gasteiger partial charge on any atom is 0.274 e. The van der Waals surface area contributed by atoms with E-state index in [2.05, 4.69) is 20.6 Å². The summed E-state index contributed by atoms with van der Waals surface area (Å²) in [6, 6.07) is 13.2. The lowest BCUT2D eigenvalue weighted by Gasteiger charge is -2.10. The number of aryl methyl sites for hydroxylation is 2. The van der Waals surface area contributed by atoms with Crippen LogP contribution in [0.2, 0.25) is 0 Å². The molecule has 0 aliphatic carbocycles. The molecule has 0 unspecified atom stereocenters. The fourth-order valence-corrected chi connectivity index (χ4v) is 2.30. The van der Waals surface area contributed by atoms with E-state index >= 15 is 0 Å². The number of halogens is 1. The number of nitrogens with one attached hydrogen (secondary N) is 2. The monoisotopic (exact) mass is 336 g/mol. The van der Waals surface area contributed by atoms with Crippen molar-refractivity contribution >= 4 is 23.2 Å². The molecule has 0 aliphatic heterocycles. The van der Waals surface area contributed by atoms with Crippen LogP contribution in [0.4, 0.5) is 21.7 Å². The van der Waals surface area contributed by atoms with Gasteiger partial charge in [-0.2, -0.15) is 0 Å². The number of benzene rings is 2. The first-order valence-corrected chi connectivity index (χ1v) is 7.75. The Labute approximate surface area is 145 Å². The molecule has 3 aromatic rings. The molecule has 3 rings (SSSR count). The van der Waals surface area contributed by atoms with Crippen molar-refractivity contribution in [3.05, 3.63) is 77.4 Å². The molecule has 1 heterocycles. The van der Waals surface area contributed by atoms with E-state index in [4.69, 9.17) is 0 Å². The largest absolute Gasteiger partial charge is 0.324 e. The number of amides is 1. The van der Waals surface area contributed by atoms with E-state index < -0.39 is 11.7 Å². The molecule has 0 aliphatic rings. The summed E-state index contributed by atoms with van der Waals surface area (Å²) in [6.07, 6.45) is 1.50. The Bertz CT molecular complexity index is 927. The van der Waals surface area contributed by atoms with Gasteiger partial charge in [-0.3, -0.25) is 4.79 Å². The molecule has 1 amide bonds. The number of carbonyl (C=O) groups is 1. The van der Waals surface area contributed by atoms with Gasteiger partial charge in [-0.25, -0.2) is 14.4 Å². The molecule has 6 heteroatoms. The minimum absolute atomic E-state index is 0.187. The third-order valence-electron chi connectivity index (χ3n) is 3.61. The van der Waals surface area contributed by atoms with Crippen molar-refractivity contribution in [2.24, 2.45) is 0 Å². The number of aromatic nitrogens is 2. The van der Waals surface area contributed by atoms with E-state index in [1.165, 1.54) is 30.5 Å². The van der Waals surface area contributed by atoms with Crippen LogP contribution in [0.1, 0.15) is 21.6 Å². The fourth-order valence-electron chi connectivity index (χ4n) is 2.30. The molecule has 0 radical (unpaired) electrons. The smallest absolute Gasteiger partial charge is 0.274 e. The first-order chi connectivity index (χ1) is 12.0. The second kappa shape index (κ2) is 7.09. The Balaban J connectivity index is 1.79. The first kappa shape index (κ1) is 16.6. The second-order valence-electron chi connectivity index (χ2n) is 5.67. The van der Waals surface area contributed by atoms with Crippen LogP contribution < -0.4 is 10.6 Å². The van der Waals surface area contributed by atoms with Crippen LogP contribution >= 0.6 is 0 Å². The van der Waals surface area contributed by atoms with E-state index in [1.54, 1.807) is 6.07 Å². The zero-order valence-corrected chi connectivity index (χ0v) is 13.9. The highest BCUT2D eigenvalue weighted by Gasteiger charge is 2.10. The van der Waals surface area contributed by atoms with Gasteiger partial charge >= 0.3 is 0 Å². The predicted molar refractivity (Wildman–Crippen MR) is 95.6 cm³/mol. The summed E-state index contributed by atoms with van der Waals surface area (Å²) in [5.74, 6) is -0.532. The van der Waals surface area contributed by atoms with Crippen molar-refractivity contribution in [3.8, 4) is 0 Å². The first-order valence-electron chi connectivity index (χ1n) is 7.75. The molecule has 1 aromatic heterocycles. The maximum atomic E-state index is 13.2. The third kappa shape index (κ3) is 4.17. The summed E-state index contributed by atoms with van der Waals surface area (Å²) in [4.78, 5) is 20.7. The quantitative estimate of drug-likeness (QED) is 0.748. The van der Waals surface area contributed by atoms with Crippen LogP contribution in [0.25, 0.3) is 0 Å². The summed E-state index contributed by atoms with van der Waals surface area (Å²) in [6.45, 7) is 3.97. The van der Waals surface area contributed by atoms with Gasteiger partial charge in [0.05, 0.1) is 0 Å². The zero-order chi connectivity index (χ0) is 17.8. The van der Waals surface area contributed by atoms with Gasteiger partial charge in [0.25, 0.3) is 5.91 Å². The van der Waals surface area contributed by atoms with Gasteiger partial charge in [-0.15, -0.1) is 0 Å². The lowest BCUT2D eigenvalue weighted by Crippen LogP contribution is -2.15. The molecule has 126 valence electrons. The maximum absolute atomic E-state index is 13.2. The van der Waals surface area contributed by atoms with Gasteiger partial charge in [-0.05, 0) is 55.3 Å². The molecule has 25 heavy (non-hydrogen) atoms. The second-order valence-corrected chi connectivity index (χ2v) is 5.67. The highest BCUT2D eigenvalue weighted by molar-refractivity contribution is 6.03. The number of rotatable bonds is 4. The van der Waals surface area contributed by atoms with Crippen molar-refractivity contribution in [1.29, 1.82) is 0 Å². The van der Waals surface area contributed by atoms with Gasteiger partial charge < -0.3 is 10.6 Å². The number of hydrogen-bond donors (Lipinski definition) is 2. The summed E-state index contributed by atoms with van der Waals surface area (Å²) < 4.78 is 13.2. The number of nitrogens with zero attached hydrogens (tertiary/aromatic N) is 2. The topological polar surface area (TPSA) is 66.9 Å². The minimum Gasteiger partial charge on any atom is -0.324 e. The molecule has 0 atom stereocenters. The van der Waals surface area contributed by atoms with Gasteiger partial charge in [-0.1, -0.05) is 18.2 Å². The van der Waals surface area contributed by atoms with Gasteiger partial charge in [0, 0.05) is 17.6 Å². The normalized spacial score (nSPS) is 10.4. The molecule has 0 saturated carbocycles. The zero-order valence-electron chi connectivity index (χ0n) is 13.9. The number of hydrogen-bond acceptors (Lipinski definition) is 4. The Morgan fingerprint density at radius 3 is 2.72 bits per heavy atom. The van der Waals surface area contributed by atoms with Crippen molar-refractivity contribution in [3.63, 3.8) is 0 Å². The van der Waals surface area contributed by atoms with Crippen molar-refractivity contribution in [2.45, 2.75) is 13.8 Å². The van der Waals surface area contributed by atoms with Crippen LogP contribution in [-0.2, 0) is 0 Å². The molecular formula is C19H17FN4O. The molecule has 0 bridgehead atoms. The molecule has 0 fully saturated rings. The lowest BCUT2D eigenvalue weighted by atomic mass is 10.1. The average molecular weight is 336 g/mol. The van der Waals surface area contributed by atoms with Crippen molar-refractivity contribution < 1.29 is 9.18 Å². The highest BCUT2D eigenvalue weighted by atomic mass is 19.1. The van der Waals surface area contributed by atoms with Crippen molar-refractivity contribution in [1.82, 2.24) is 9.97 Å². The van der Waals surface area contributed by atoms with Gasteiger partial charge in [0.1, 0.15) is 11.5 Å². The predicted octanol–water partition coefficient (Wildman–Crippen LogP) is 4.23. The third-order valence-corrected chi connectivity index (χ3v) is 3.61. The Morgan fingerprint density at radius 2 is 1.92 bits per heavy atom. The summed E-state index contributed by atoms with van der Waals surface area (Å²) in [7, 11) is 0. The number of carbonyl (C=O) groups excluding carboxylic acids is 1. The van der Waals surface area contributed by atoms with E-state index in [0.717, 1.165) is 16.8 Å². The molecule has 5 nitrogen and oxygen atoms in total. The van der Waals surface area contributed by atoms with Gasteiger partial charge in [0.15, 0.2) is 0 Å². The van der Waals surface area contributed by atoms with Crippen LogP contribution in [0.15, 0.2) is 54.7 Å². The summed E-state index contributed by atoms with van der Waals surface area (Å²) >= 11 is 0. The Hall–Kier alpha value is -3.28. The highest BCUT2D eigenvalue weighted by Crippen LogP contribution is 2.20.